The zero-order valence-electron chi connectivity index (χ0n) is 27.9. The number of benzene rings is 3. The van der Waals surface area contributed by atoms with Crippen LogP contribution in [0, 0.1) is 6.92 Å². The van der Waals surface area contributed by atoms with Gasteiger partial charge in [0, 0.05) is 22.2 Å². The molecule has 2 aromatic heterocycles. The topological polar surface area (TPSA) is 146 Å². The van der Waals surface area contributed by atoms with Crippen molar-refractivity contribution >= 4 is 69.1 Å². The van der Waals surface area contributed by atoms with Crippen LogP contribution in [0.2, 0.25) is 0 Å². The number of carboxylic acids is 1. The van der Waals surface area contributed by atoms with E-state index >= 15 is 0 Å². The van der Waals surface area contributed by atoms with Gasteiger partial charge in [-0.05, 0) is 35.3 Å². The fraction of sp³-hybridized carbons (Fsp3) is 0.158. The van der Waals surface area contributed by atoms with Crippen LogP contribution < -0.4 is 10.6 Å². The van der Waals surface area contributed by atoms with Crippen molar-refractivity contribution < 1.29 is 24.3 Å². The fourth-order valence-electron chi connectivity index (χ4n) is 6.30. The van der Waals surface area contributed by atoms with E-state index in [1.54, 1.807) is 23.7 Å². The number of hydrogen-bond donors (Lipinski definition) is 3. The molecule has 0 spiro atoms. The van der Waals surface area contributed by atoms with E-state index in [1.165, 1.54) is 46.4 Å². The first-order valence-corrected chi connectivity index (χ1v) is 18.9. The maximum absolute atomic E-state index is 13.8. The fourth-order valence-corrected chi connectivity index (χ4v) is 9.05. The highest BCUT2D eigenvalue weighted by Gasteiger charge is 2.54. The number of carbonyl (C=O) groups excluding carboxylic acids is 2. The first kappa shape index (κ1) is 34.9. The molecule has 7 rings (SSSR count). The molecule has 1 fully saturated rings. The Balaban J connectivity index is 1.14. The number of aliphatic carboxylic acids is 1. The number of hydrogen-bond acceptors (Lipinski definition) is 11. The summed E-state index contributed by atoms with van der Waals surface area (Å²) in [5.41, 5.74) is 2.63. The van der Waals surface area contributed by atoms with Gasteiger partial charge in [-0.2, -0.15) is 0 Å². The summed E-state index contributed by atoms with van der Waals surface area (Å²) >= 11 is 4.15. The number of thiazole rings is 2. The predicted molar refractivity (Wildman–Crippen MR) is 204 cm³/mol. The molecule has 3 aromatic carbocycles. The molecule has 262 valence electrons. The summed E-state index contributed by atoms with van der Waals surface area (Å²) in [6.45, 7) is 1.89. The van der Waals surface area contributed by atoms with Crippen molar-refractivity contribution in [2.45, 2.75) is 23.9 Å². The van der Waals surface area contributed by atoms with E-state index in [4.69, 9.17) is 9.82 Å². The van der Waals surface area contributed by atoms with E-state index in [2.05, 4.69) is 57.2 Å². The van der Waals surface area contributed by atoms with Crippen molar-refractivity contribution in [3.05, 3.63) is 152 Å². The normalized spacial score (nSPS) is 17.5. The Bertz CT molecular complexity index is 2100. The summed E-state index contributed by atoms with van der Waals surface area (Å²) in [5.74, 6) is -2.09. The molecule has 52 heavy (non-hydrogen) atoms. The van der Waals surface area contributed by atoms with Crippen LogP contribution in [0.4, 0.5) is 5.13 Å². The molecule has 0 radical (unpaired) electrons. The van der Waals surface area contributed by atoms with E-state index in [9.17, 15) is 19.5 Å². The second-order valence-corrected chi connectivity index (χ2v) is 15.0. The van der Waals surface area contributed by atoms with Crippen molar-refractivity contribution in [3.8, 4) is 0 Å². The molecule has 2 atom stereocenters. The van der Waals surface area contributed by atoms with Gasteiger partial charge in [-0.15, -0.1) is 34.4 Å². The zero-order chi connectivity index (χ0) is 36.2. The number of anilines is 1. The summed E-state index contributed by atoms with van der Waals surface area (Å²) in [7, 11) is 1.32. The number of amides is 2. The molecule has 2 aliphatic heterocycles. The maximum atomic E-state index is 13.8. The molecule has 3 N–H and O–H groups in total. The number of carboxylic acid groups (broad SMARTS) is 1. The zero-order valence-corrected chi connectivity index (χ0v) is 30.4. The Kier molecular flexibility index (Phi) is 10.0. The largest absolute Gasteiger partial charge is 0.477 e. The highest BCUT2D eigenvalue weighted by Crippen LogP contribution is 2.42. The Hall–Kier alpha value is -5.57. The quantitative estimate of drug-likeness (QED) is 0.0595. The Morgan fingerprint density at radius 1 is 0.981 bits per heavy atom. The molecule has 2 aliphatic rings. The van der Waals surface area contributed by atoms with Crippen molar-refractivity contribution in [2.24, 2.45) is 5.16 Å². The summed E-state index contributed by atoms with van der Waals surface area (Å²) < 4.78 is 0. The van der Waals surface area contributed by atoms with Crippen molar-refractivity contribution in [3.63, 3.8) is 0 Å². The lowest BCUT2D eigenvalue weighted by atomic mass is 9.77. The van der Waals surface area contributed by atoms with E-state index < -0.39 is 34.7 Å². The number of carbonyl (C=O) groups is 3. The van der Waals surface area contributed by atoms with Gasteiger partial charge in [0.25, 0.3) is 11.8 Å². The number of nitrogens with zero attached hydrogens (tertiary/aromatic N) is 4. The molecule has 0 aliphatic carbocycles. The third kappa shape index (κ3) is 6.63. The molecule has 1 saturated heterocycles. The van der Waals surface area contributed by atoms with Gasteiger partial charge in [0.05, 0.1) is 5.01 Å². The Morgan fingerprint density at radius 2 is 1.60 bits per heavy atom. The Morgan fingerprint density at radius 3 is 2.13 bits per heavy atom. The lowest BCUT2D eigenvalue weighted by molar-refractivity contribution is -0.150. The van der Waals surface area contributed by atoms with E-state index in [1.807, 2.05) is 61.5 Å². The minimum absolute atomic E-state index is 0.100. The molecular formula is C38H32N6O5S3. The summed E-state index contributed by atoms with van der Waals surface area (Å²) in [5, 5.41) is 23.0. The molecule has 2 amide bonds. The van der Waals surface area contributed by atoms with Crippen LogP contribution in [-0.4, -0.2) is 67.7 Å². The molecule has 11 nitrogen and oxygen atoms in total. The van der Waals surface area contributed by atoms with E-state index in [-0.39, 0.29) is 17.1 Å². The predicted octanol–water partition coefficient (Wildman–Crippen LogP) is 6.11. The third-order valence-corrected chi connectivity index (χ3v) is 11.6. The minimum atomic E-state index is -1.22. The molecule has 0 bridgehead atoms. The van der Waals surface area contributed by atoms with Gasteiger partial charge < -0.3 is 20.6 Å². The summed E-state index contributed by atoms with van der Waals surface area (Å²) in [4.78, 5) is 55.7. The van der Waals surface area contributed by atoms with Gasteiger partial charge in [-0.3, -0.25) is 14.5 Å². The van der Waals surface area contributed by atoms with Crippen LogP contribution >= 0.6 is 34.4 Å². The van der Waals surface area contributed by atoms with Crippen LogP contribution in [-0.2, 0) is 24.8 Å². The molecule has 5 aromatic rings. The van der Waals surface area contributed by atoms with Gasteiger partial charge in [0.2, 0.25) is 0 Å². The van der Waals surface area contributed by atoms with Gasteiger partial charge in [-0.25, -0.2) is 14.8 Å². The highest BCUT2D eigenvalue weighted by atomic mass is 32.2. The minimum Gasteiger partial charge on any atom is -0.477 e. The maximum Gasteiger partial charge on any atom is 0.352 e. The average Bonchev–Trinajstić information content (AvgIpc) is 3.82. The van der Waals surface area contributed by atoms with Crippen molar-refractivity contribution in [2.75, 3.05) is 18.2 Å². The number of aryl methyl sites for hydroxylation is 1. The van der Waals surface area contributed by atoms with Crippen LogP contribution in [0.25, 0.3) is 6.08 Å². The van der Waals surface area contributed by atoms with Gasteiger partial charge in [0.15, 0.2) is 10.8 Å². The summed E-state index contributed by atoms with van der Waals surface area (Å²) in [6, 6.07) is 29.2. The number of nitrogens with one attached hydrogen (secondary N) is 2. The van der Waals surface area contributed by atoms with Gasteiger partial charge >= 0.3 is 5.97 Å². The average molecular weight is 749 g/mol. The highest BCUT2D eigenvalue weighted by molar-refractivity contribution is 8.00. The van der Waals surface area contributed by atoms with Crippen molar-refractivity contribution in [1.29, 1.82) is 0 Å². The number of β-lactam (4-membered cyclic amide) rings is 1. The molecule has 0 saturated carbocycles. The number of aromatic nitrogens is 2. The Labute approximate surface area is 311 Å². The number of oxime groups is 1. The van der Waals surface area contributed by atoms with E-state index in [0.29, 0.717) is 16.5 Å². The molecule has 1 unspecified atom stereocenters. The van der Waals surface area contributed by atoms with E-state index in [0.717, 1.165) is 26.6 Å². The SMILES string of the molecule is CON=C(C(=O)NC1C(=O)N2C(C(=O)O)=C(C=Cc3cnc(C)s3)CS[C@@H]12)c1csc(NC(c2ccccc2)(c2ccccc2)c2ccccc2)n1. The number of allylic oxidation sites excluding steroid dienone is 1. The summed E-state index contributed by atoms with van der Waals surface area (Å²) in [6.07, 6.45) is 5.21. The molecule has 4 heterocycles. The third-order valence-electron chi connectivity index (χ3n) is 8.63. The molecular weight excluding hydrogens is 717 g/mol. The van der Waals surface area contributed by atoms with Crippen LogP contribution in [0.3, 0.4) is 0 Å². The number of thioether (sulfide) groups is 1. The number of fused-ring (bicyclic) bond motifs is 1. The lowest BCUT2D eigenvalue weighted by Crippen LogP contribution is -2.71. The number of rotatable bonds is 12. The van der Waals surface area contributed by atoms with Crippen LogP contribution in [0.15, 0.2) is 125 Å². The van der Waals surface area contributed by atoms with Gasteiger partial charge in [-0.1, -0.05) is 102 Å². The smallest absolute Gasteiger partial charge is 0.352 e. The molecule has 14 heteroatoms. The first-order valence-electron chi connectivity index (χ1n) is 16.1. The lowest BCUT2D eigenvalue weighted by Gasteiger charge is -2.49. The van der Waals surface area contributed by atoms with Crippen LogP contribution in [0.1, 0.15) is 32.3 Å². The van der Waals surface area contributed by atoms with Crippen molar-refractivity contribution in [1.82, 2.24) is 20.2 Å². The standard InChI is InChI=1S/C38H32N6O5S3/c1-23-39-20-28(52-23)19-18-24-21-50-35-31(34(46)44(35)32(24)36(47)48)41-33(45)30(43-49-2)29-22-51-37(40-29)42-38(25-12-6-3-7-13-25,26-14-8-4-9-15-26)27-16-10-5-11-17-27/h3-20,22,31,35H,21H2,1-2H3,(H,40,42)(H,41,45)(H,47,48)/t31?,35-/m0/s1. The first-order chi connectivity index (χ1) is 25.3. The van der Waals surface area contributed by atoms with Gasteiger partial charge in [0.1, 0.15) is 35.5 Å². The van der Waals surface area contributed by atoms with Crippen LogP contribution in [0.5, 0.6) is 0 Å². The monoisotopic (exact) mass is 748 g/mol. The second kappa shape index (κ2) is 15.0. The second-order valence-electron chi connectivity index (χ2n) is 11.8.